The molecule has 0 radical (unpaired) electrons. The Labute approximate surface area is 155 Å². The molecule has 0 bridgehead atoms. The highest BCUT2D eigenvalue weighted by atomic mass is 16.4. The lowest BCUT2D eigenvalue weighted by Crippen LogP contribution is -3.10. The average Bonchev–Trinajstić information content (AvgIpc) is 2.66. The number of aryl methyl sites for hydroxylation is 1. The highest BCUT2D eigenvalue weighted by molar-refractivity contribution is 5.86. The molecular formula is C22H32NO3+. The Morgan fingerprint density at radius 2 is 1.69 bits per heavy atom. The van der Waals surface area contributed by atoms with Gasteiger partial charge in [0.2, 0.25) is 0 Å². The average molecular weight is 359 g/mol. The molecule has 142 valence electrons. The number of phenols is 1. The second kappa shape index (κ2) is 8.72. The topological polar surface area (TPSA) is 54.9 Å². The van der Waals surface area contributed by atoms with Crippen molar-refractivity contribution in [3.8, 4) is 5.75 Å². The Kier molecular flexibility index (Phi) is 6.36. The fourth-order valence-electron chi connectivity index (χ4n) is 4.13. The molecule has 2 aromatic rings. The van der Waals surface area contributed by atoms with Gasteiger partial charge in [-0.3, -0.25) is 0 Å². The molecule has 0 saturated heterocycles. The van der Waals surface area contributed by atoms with Gasteiger partial charge in [-0.15, -0.1) is 0 Å². The number of nitrogens with one attached hydrogen (secondary N) is 1. The Morgan fingerprint density at radius 3 is 2.35 bits per heavy atom. The van der Waals surface area contributed by atoms with E-state index in [0.29, 0.717) is 12.1 Å². The van der Waals surface area contributed by atoms with E-state index in [2.05, 4.69) is 13.8 Å². The zero-order valence-electron chi connectivity index (χ0n) is 16.2. The minimum absolute atomic E-state index is 0.206. The van der Waals surface area contributed by atoms with Crippen LogP contribution in [-0.2, 0) is 19.4 Å². The molecule has 0 atom stereocenters. The van der Waals surface area contributed by atoms with Gasteiger partial charge in [-0.05, 0) is 56.2 Å². The quantitative estimate of drug-likeness (QED) is 0.712. The second-order valence-electron chi connectivity index (χ2n) is 7.63. The third kappa shape index (κ3) is 3.96. The highest BCUT2D eigenvalue weighted by Crippen LogP contribution is 2.32. The smallest absolute Gasteiger partial charge is 0.339 e. The van der Waals surface area contributed by atoms with Crippen molar-refractivity contribution in [1.82, 2.24) is 0 Å². The summed E-state index contributed by atoms with van der Waals surface area (Å²) < 4.78 is 5.75. The first kappa shape index (κ1) is 19.0. The summed E-state index contributed by atoms with van der Waals surface area (Å²) in [6.45, 7) is 7.30. The summed E-state index contributed by atoms with van der Waals surface area (Å²) in [6.07, 6.45) is 8.59. The van der Waals surface area contributed by atoms with Crippen LogP contribution in [0.4, 0.5) is 0 Å². The molecule has 0 unspecified atom stereocenters. The first-order chi connectivity index (χ1) is 12.7. The van der Waals surface area contributed by atoms with Crippen molar-refractivity contribution in [2.45, 2.75) is 71.8 Å². The van der Waals surface area contributed by atoms with Crippen LogP contribution in [0, 0.1) is 0 Å². The largest absolute Gasteiger partial charge is 0.507 e. The Hall–Kier alpha value is -1.81. The van der Waals surface area contributed by atoms with Crippen LogP contribution in [0.5, 0.6) is 5.75 Å². The molecule has 0 fully saturated rings. The van der Waals surface area contributed by atoms with Gasteiger partial charge in [-0.2, -0.15) is 0 Å². The molecule has 1 aromatic carbocycles. The molecule has 2 N–H and O–H groups in total. The molecule has 3 rings (SSSR count). The van der Waals surface area contributed by atoms with Crippen LogP contribution < -0.4 is 10.5 Å². The lowest BCUT2D eigenvalue weighted by atomic mass is 9.90. The molecule has 0 amide bonds. The maximum absolute atomic E-state index is 12.5. The Morgan fingerprint density at radius 1 is 1.04 bits per heavy atom. The van der Waals surface area contributed by atoms with E-state index in [1.165, 1.54) is 30.6 Å². The van der Waals surface area contributed by atoms with Crippen molar-refractivity contribution in [2.75, 3.05) is 13.1 Å². The van der Waals surface area contributed by atoms with Crippen molar-refractivity contribution < 1.29 is 14.4 Å². The molecule has 0 saturated carbocycles. The molecule has 1 heterocycles. The number of phenolic OH excluding ortho intramolecular Hbond substituents is 1. The number of unbranched alkanes of at least 4 members (excludes halogenated alkanes) is 2. The normalized spacial score (nSPS) is 14.1. The first-order valence-electron chi connectivity index (χ1n) is 10.3. The van der Waals surface area contributed by atoms with Crippen LogP contribution in [0.2, 0.25) is 0 Å². The summed E-state index contributed by atoms with van der Waals surface area (Å²) in [5.74, 6) is 0.252. The van der Waals surface area contributed by atoms with Gasteiger partial charge in [0.05, 0.1) is 18.7 Å². The van der Waals surface area contributed by atoms with Gasteiger partial charge in [0.15, 0.2) is 5.58 Å². The van der Waals surface area contributed by atoms with E-state index in [0.717, 1.165) is 60.8 Å². The van der Waals surface area contributed by atoms with E-state index >= 15 is 0 Å². The van der Waals surface area contributed by atoms with E-state index in [4.69, 9.17) is 4.42 Å². The van der Waals surface area contributed by atoms with Crippen molar-refractivity contribution in [3.63, 3.8) is 0 Å². The van der Waals surface area contributed by atoms with Gasteiger partial charge >= 0.3 is 5.63 Å². The molecular weight excluding hydrogens is 326 g/mol. The van der Waals surface area contributed by atoms with Crippen LogP contribution >= 0.6 is 0 Å². The van der Waals surface area contributed by atoms with Crippen molar-refractivity contribution in [3.05, 3.63) is 39.2 Å². The fraction of sp³-hybridized carbons (Fsp3) is 0.591. The summed E-state index contributed by atoms with van der Waals surface area (Å²) in [7, 11) is 0. The Bertz CT molecular complexity index is 801. The fourth-order valence-corrected chi connectivity index (χ4v) is 4.13. The molecule has 1 aromatic heterocycles. The van der Waals surface area contributed by atoms with Crippen LogP contribution in [-0.4, -0.2) is 18.2 Å². The molecule has 26 heavy (non-hydrogen) atoms. The standard InChI is InChI=1S/C22H31NO3/c1-3-5-13-23(14-6-4-2)15-19-20(24)12-11-17-16-9-7-8-10-18(16)22(25)26-21(17)19/h11-12,24H,3-10,13-15H2,1-2H3/p+1. The number of benzene rings is 1. The van der Waals surface area contributed by atoms with Gasteiger partial charge in [0, 0.05) is 10.9 Å². The molecule has 4 heteroatoms. The minimum atomic E-state index is -0.206. The van der Waals surface area contributed by atoms with Gasteiger partial charge < -0.3 is 14.4 Å². The molecule has 4 nitrogen and oxygen atoms in total. The highest BCUT2D eigenvalue weighted by Gasteiger charge is 2.23. The van der Waals surface area contributed by atoms with E-state index in [1.807, 2.05) is 6.07 Å². The van der Waals surface area contributed by atoms with E-state index in [9.17, 15) is 9.90 Å². The van der Waals surface area contributed by atoms with Crippen molar-refractivity contribution in [1.29, 1.82) is 0 Å². The number of aromatic hydroxyl groups is 1. The SMILES string of the molecule is CCCC[NH+](CCCC)Cc1c(O)ccc2c3c(c(=O)oc12)CCCC3. The van der Waals surface area contributed by atoms with Gasteiger partial charge in [-0.25, -0.2) is 4.79 Å². The van der Waals surface area contributed by atoms with Gasteiger partial charge in [0.25, 0.3) is 0 Å². The summed E-state index contributed by atoms with van der Waals surface area (Å²) in [5.41, 5.74) is 3.20. The number of hydrogen-bond acceptors (Lipinski definition) is 3. The molecule has 1 aliphatic carbocycles. The summed E-state index contributed by atoms with van der Waals surface area (Å²) in [6, 6.07) is 3.71. The predicted octanol–water partition coefficient (Wildman–Crippen LogP) is 3.36. The monoisotopic (exact) mass is 358 g/mol. The third-order valence-corrected chi connectivity index (χ3v) is 5.66. The molecule has 0 aliphatic heterocycles. The molecule has 1 aliphatic rings. The number of fused-ring (bicyclic) bond motifs is 3. The van der Waals surface area contributed by atoms with E-state index in [1.54, 1.807) is 6.07 Å². The predicted molar refractivity (Wildman–Crippen MR) is 105 cm³/mol. The summed E-state index contributed by atoms with van der Waals surface area (Å²) >= 11 is 0. The maximum Gasteiger partial charge on any atom is 0.339 e. The lowest BCUT2D eigenvalue weighted by Gasteiger charge is -2.21. The molecule has 0 spiro atoms. The summed E-state index contributed by atoms with van der Waals surface area (Å²) in [4.78, 5) is 14.0. The maximum atomic E-state index is 12.5. The lowest BCUT2D eigenvalue weighted by molar-refractivity contribution is -0.914. The summed E-state index contributed by atoms with van der Waals surface area (Å²) in [5, 5.41) is 11.6. The first-order valence-corrected chi connectivity index (χ1v) is 10.3. The van der Waals surface area contributed by atoms with E-state index in [-0.39, 0.29) is 11.4 Å². The number of rotatable bonds is 8. The van der Waals surface area contributed by atoms with Crippen LogP contribution in [0.1, 0.15) is 69.1 Å². The van der Waals surface area contributed by atoms with Gasteiger partial charge in [-0.1, -0.05) is 26.7 Å². The van der Waals surface area contributed by atoms with Crippen molar-refractivity contribution >= 4 is 11.0 Å². The zero-order chi connectivity index (χ0) is 18.5. The van der Waals surface area contributed by atoms with E-state index < -0.39 is 0 Å². The van der Waals surface area contributed by atoms with Crippen LogP contribution in [0.3, 0.4) is 0 Å². The second-order valence-corrected chi connectivity index (χ2v) is 7.63. The zero-order valence-corrected chi connectivity index (χ0v) is 16.2. The van der Waals surface area contributed by atoms with Crippen LogP contribution in [0.15, 0.2) is 21.3 Å². The van der Waals surface area contributed by atoms with Gasteiger partial charge in [0.1, 0.15) is 12.3 Å². The van der Waals surface area contributed by atoms with Crippen LogP contribution in [0.25, 0.3) is 11.0 Å². The number of quaternary nitrogens is 1. The Balaban J connectivity index is 2.02. The number of hydrogen-bond donors (Lipinski definition) is 2. The minimum Gasteiger partial charge on any atom is -0.507 e. The van der Waals surface area contributed by atoms with Crippen molar-refractivity contribution in [2.24, 2.45) is 0 Å². The third-order valence-electron chi connectivity index (χ3n) is 5.66.